The van der Waals surface area contributed by atoms with Crippen LogP contribution >= 0.6 is 0 Å². The second-order valence-corrected chi connectivity index (χ2v) is 7.18. The molecule has 29 heavy (non-hydrogen) atoms. The van der Waals surface area contributed by atoms with E-state index >= 15 is 0 Å². The Hall–Kier alpha value is -3.67. The van der Waals surface area contributed by atoms with Crippen molar-refractivity contribution in [2.75, 3.05) is 16.8 Å². The van der Waals surface area contributed by atoms with E-state index < -0.39 is 5.92 Å². The number of para-hydroxylation sites is 1. The van der Waals surface area contributed by atoms with E-state index in [0.717, 1.165) is 16.4 Å². The highest BCUT2D eigenvalue weighted by molar-refractivity contribution is 6.07. The van der Waals surface area contributed by atoms with Crippen LogP contribution in [-0.4, -0.2) is 18.4 Å². The van der Waals surface area contributed by atoms with Crippen LogP contribution in [0.25, 0.3) is 21.9 Å². The Balaban J connectivity index is 1.34. The first-order chi connectivity index (χ1) is 14.1. The van der Waals surface area contributed by atoms with Gasteiger partial charge in [0.05, 0.1) is 5.92 Å². The SMILES string of the molecule is O=C(Nc1ccc2c(c1)oc1ccccc12)[C@H]1CC(=O)N(c2ccc(F)cc2)C1. The fourth-order valence-corrected chi connectivity index (χ4v) is 3.80. The number of hydrogen-bond donors (Lipinski definition) is 1. The van der Waals surface area contributed by atoms with E-state index in [1.54, 1.807) is 18.2 Å². The number of hydrogen-bond acceptors (Lipinski definition) is 3. The number of amides is 2. The minimum absolute atomic E-state index is 0.121. The summed E-state index contributed by atoms with van der Waals surface area (Å²) in [5.74, 6) is -1.21. The van der Waals surface area contributed by atoms with Gasteiger partial charge in [-0.3, -0.25) is 9.59 Å². The predicted octanol–water partition coefficient (Wildman–Crippen LogP) is 4.72. The van der Waals surface area contributed by atoms with Gasteiger partial charge >= 0.3 is 0 Å². The third kappa shape index (κ3) is 3.12. The second-order valence-electron chi connectivity index (χ2n) is 7.18. The lowest BCUT2D eigenvalue weighted by atomic mass is 10.1. The first-order valence-corrected chi connectivity index (χ1v) is 9.36. The Bertz CT molecular complexity index is 1250. The van der Waals surface area contributed by atoms with Gasteiger partial charge in [0.25, 0.3) is 0 Å². The van der Waals surface area contributed by atoms with E-state index in [-0.39, 0.29) is 30.6 Å². The van der Waals surface area contributed by atoms with Crippen molar-refractivity contribution in [2.24, 2.45) is 5.92 Å². The summed E-state index contributed by atoms with van der Waals surface area (Å²) in [6, 6.07) is 19.0. The summed E-state index contributed by atoms with van der Waals surface area (Å²) in [4.78, 5) is 26.6. The topological polar surface area (TPSA) is 62.6 Å². The Morgan fingerprint density at radius 1 is 1.00 bits per heavy atom. The summed E-state index contributed by atoms with van der Waals surface area (Å²) in [6.45, 7) is 0.267. The molecule has 0 unspecified atom stereocenters. The molecule has 1 fully saturated rings. The number of nitrogens with one attached hydrogen (secondary N) is 1. The second kappa shape index (κ2) is 6.74. The Labute approximate surface area is 165 Å². The van der Waals surface area contributed by atoms with E-state index in [9.17, 15) is 14.0 Å². The molecule has 2 amide bonds. The minimum atomic E-state index is -0.473. The maximum Gasteiger partial charge on any atom is 0.229 e. The van der Waals surface area contributed by atoms with E-state index in [1.165, 1.54) is 17.0 Å². The average Bonchev–Trinajstić information content (AvgIpc) is 3.29. The molecule has 1 aliphatic rings. The summed E-state index contributed by atoms with van der Waals surface area (Å²) < 4.78 is 19.0. The van der Waals surface area contributed by atoms with Crippen molar-refractivity contribution in [1.82, 2.24) is 0 Å². The molecule has 0 saturated carbocycles. The monoisotopic (exact) mass is 388 g/mol. The zero-order valence-corrected chi connectivity index (χ0v) is 15.4. The van der Waals surface area contributed by atoms with Gasteiger partial charge in [0.2, 0.25) is 11.8 Å². The lowest BCUT2D eigenvalue weighted by molar-refractivity contribution is -0.122. The van der Waals surface area contributed by atoms with Crippen LogP contribution in [0.15, 0.2) is 71.1 Å². The summed E-state index contributed by atoms with van der Waals surface area (Å²) in [6.07, 6.45) is 0.121. The van der Waals surface area contributed by atoms with Gasteiger partial charge in [-0.05, 0) is 42.5 Å². The van der Waals surface area contributed by atoms with Crippen LogP contribution in [-0.2, 0) is 9.59 Å². The van der Waals surface area contributed by atoms with Crippen molar-refractivity contribution in [2.45, 2.75) is 6.42 Å². The zero-order chi connectivity index (χ0) is 20.0. The maximum atomic E-state index is 13.1. The largest absolute Gasteiger partial charge is 0.456 e. The van der Waals surface area contributed by atoms with Crippen LogP contribution in [0.1, 0.15) is 6.42 Å². The summed E-state index contributed by atoms with van der Waals surface area (Å²) >= 11 is 0. The number of carbonyl (C=O) groups excluding carboxylic acids is 2. The average molecular weight is 388 g/mol. The quantitative estimate of drug-likeness (QED) is 0.553. The molecule has 5 rings (SSSR count). The van der Waals surface area contributed by atoms with Crippen LogP contribution in [0.5, 0.6) is 0 Å². The molecule has 1 N–H and O–H groups in total. The molecule has 1 aliphatic heterocycles. The van der Waals surface area contributed by atoms with Crippen LogP contribution in [0.2, 0.25) is 0 Å². The van der Waals surface area contributed by atoms with E-state index in [4.69, 9.17) is 4.42 Å². The maximum absolute atomic E-state index is 13.1. The van der Waals surface area contributed by atoms with E-state index in [0.29, 0.717) is 17.0 Å². The molecule has 4 aromatic rings. The van der Waals surface area contributed by atoms with Crippen molar-refractivity contribution >= 4 is 45.1 Å². The number of benzene rings is 3. The molecule has 0 spiro atoms. The Morgan fingerprint density at radius 3 is 2.59 bits per heavy atom. The van der Waals surface area contributed by atoms with Gasteiger partial charge in [0.1, 0.15) is 17.0 Å². The summed E-state index contributed by atoms with van der Waals surface area (Å²) in [5, 5.41) is 4.89. The number of rotatable bonds is 3. The molecule has 0 aliphatic carbocycles. The molecular weight excluding hydrogens is 371 g/mol. The number of halogens is 1. The van der Waals surface area contributed by atoms with E-state index in [1.807, 2.05) is 36.4 Å². The number of fused-ring (bicyclic) bond motifs is 3. The van der Waals surface area contributed by atoms with Crippen molar-refractivity contribution < 1.29 is 18.4 Å². The smallest absolute Gasteiger partial charge is 0.229 e. The fraction of sp³-hybridized carbons (Fsp3) is 0.130. The standard InChI is InChI=1S/C23H17FN2O3/c24-15-5-8-17(9-6-15)26-13-14(11-22(26)27)23(28)25-16-7-10-19-18-3-1-2-4-20(18)29-21(19)12-16/h1-10,12,14H,11,13H2,(H,25,28)/t14-/m0/s1. The lowest BCUT2D eigenvalue weighted by Crippen LogP contribution is -2.28. The molecule has 1 atom stereocenters. The predicted molar refractivity (Wildman–Crippen MR) is 109 cm³/mol. The zero-order valence-electron chi connectivity index (χ0n) is 15.4. The number of furan rings is 1. The highest BCUT2D eigenvalue weighted by atomic mass is 19.1. The molecular formula is C23H17FN2O3. The van der Waals surface area contributed by atoms with Crippen molar-refractivity contribution in [1.29, 1.82) is 0 Å². The molecule has 2 heterocycles. The molecule has 1 aromatic heterocycles. The van der Waals surface area contributed by atoms with Crippen LogP contribution in [0, 0.1) is 11.7 Å². The highest BCUT2D eigenvalue weighted by Gasteiger charge is 2.35. The Morgan fingerprint density at radius 2 is 1.76 bits per heavy atom. The third-order valence-electron chi connectivity index (χ3n) is 5.28. The summed E-state index contributed by atoms with van der Waals surface area (Å²) in [5.41, 5.74) is 2.70. The van der Waals surface area contributed by atoms with Gasteiger partial charge in [0, 0.05) is 41.2 Å². The van der Waals surface area contributed by atoms with Crippen LogP contribution in [0.3, 0.4) is 0 Å². The van der Waals surface area contributed by atoms with Crippen molar-refractivity contribution in [3.63, 3.8) is 0 Å². The van der Waals surface area contributed by atoms with Crippen LogP contribution in [0.4, 0.5) is 15.8 Å². The van der Waals surface area contributed by atoms with Crippen molar-refractivity contribution in [3.05, 3.63) is 72.5 Å². The highest BCUT2D eigenvalue weighted by Crippen LogP contribution is 2.31. The van der Waals surface area contributed by atoms with Gasteiger partial charge in [-0.1, -0.05) is 18.2 Å². The minimum Gasteiger partial charge on any atom is -0.456 e. The van der Waals surface area contributed by atoms with Gasteiger partial charge in [-0.2, -0.15) is 0 Å². The van der Waals surface area contributed by atoms with Gasteiger partial charge in [0.15, 0.2) is 0 Å². The lowest BCUT2D eigenvalue weighted by Gasteiger charge is -2.16. The summed E-state index contributed by atoms with van der Waals surface area (Å²) in [7, 11) is 0. The number of anilines is 2. The first kappa shape index (κ1) is 17.4. The number of carbonyl (C=O) groups is 2. The van der Waals surface area contributed by atoms with Gasteiger partial charge in [-0.25, -0.2) is 4.39 Å². The molecule has 5 nitrogen and oxygen atoms in total. The van der Waals surface area contributed by atoms with Crippen molar-refractivity contribution in [3.8, 4) is 0 Å². The Kier molecular flexibility index (Phi) is 4.05. The van der Waals surface area contributed by atoms with Gasteiger partial charge < -0.3 is 14.6 Å². The van der Waals surface area contributed by atoms with Crippen LogP contribution < -0.4 is 10.2 Å². The molecule has 0 bridgehead atoms. The molecule has 144 valence electrons. The normalized spacial score (nSPS) is 16.7. The molecule has 0 radical (unpaired) electrons. The first-order valence-electron chi connectivity index (χ1n) is 9.36. The van der Waals surface area contributed by atoms with E-state index in [2.05, 4.69) is 5.32 Å². The third-order valence-corrected chi connectivity index (χ3v) is 5.28. The molecule has 1 saturated heterocycles. The number of nitrogens with zero attached hydrogens (tertiary/aromatic N) is 1. The molecule has 6 heteroatoms. The fourth-order valence-electron chi connectivity index (χ4n) is 3.80. The molecule has 3 aromatic carbocycles. The van der Waals surface area contributed by atoms with Gasteiger partial charge in [-0.15, -0.1) is 0 Å².